The van der Waals surface area contributed by atoms with E-state index in [-0.39, 0.29) is 5.91 Å². The molecule has 1 atom stereocenters. The number of carbonyl (C=O) groups is 1. The number of aromatic nitrogens is 2. The Morgan fingerprint density at radius 2 is 2.00 bits per heavy atom. The Bertz CT molecular complexity index is 668. The summed E-state index contributed by atoms with van der Waals surface area (Å²) in [5.74, 6) is 0.556. The summed E-state index contributed by atoms with van der Waals surface area (Å²) in [6.07, 6.45) is 3.50. The number of alkyl halides is 1. The number of halogens is 1. The molecule has 4 nitrogen and oxygen atoms in total. The van der Waals surface area contributed by atoms with Crippen LogP contribution in [0.1, 0.15) is 18.2 Å². The Labute approximate surface area is 119 Å². The molecule has 1 unspecified atom stereocenters. The van der Waals surface area contributed by atoms with Crippen molar-refractivity contribution in [1.29, 1.82) is 0 Å². The molecule has 2 aromatic rings. The van der Waals surface area contributed by atoms with E-state index < -0.39 is 4.32 Å². The lowest BCUT2D eigenvalue weighted by molar-refractivity contribution is -0.117. The summed E-state index contributed by atoms with van der Waals surface area (Å²) in [4.78, 5) is 20.4. The van der Waals surface area contributed by atoms with Crippen LogP contribution in [0.15, 0.2) is 30.6 Å². The van der Waals surface area contributed by atoms with Crippen LogP contribution >= 0.6 is 15.9 Å². The monoisotopic (exact) mass is 317 g/mol. The van der Waals surface area contributed by atoms with Crippen molar-refractivity contribution in [1.82, 2.24) is 9.97 Å². The van der Waals surface area contributed by atoms with Gasteiger partial charge < -0.3 is 5.32 Å². The normalized spacial score (nSPS) is 21.1. The molecule has 0 aromatic carbocycles. The van der Waals surface area contributed by atoms with Gasteiger partial charge in [-0.3, -0.25) is 9.78 Å². The lowest BCUT2D eigenvalue weighted by atomic mass is 9.98. The fourth-order valence-corrected chi connectivity index (χ4v) is 2.63. The number of nitrogens with one attached hydrogen (secondary N) is 1. The molecule has 19 heavy (non-hydrogen) atoms. The summed E-state index contributed by atoms with van der Waals surface area (Å²) in [5.41, 5.74) is 3.82. The number of anilines is 1. The van der Waals surface area contributed by atoms with E-state index in [1.54, 1.807) is 12.4 Å². The van der Waals surface area contributed by atoms with E-state index in [9.17, 15) is 4.79 Å². The lowest BCUT2D eigenvalue weighted by Crippen LogP contribution is -2.23. The van der Waals surface area contributed by atoms with Gasteiger partial charge in [0.1, 0.15) is 10.1 Å². The van der Waals surface area contributed by atoms with Crippen molar-refractivity contribution >= 4 is 27.7 Å². The van der Waals surface area contributed by atoms with Crippen molar-refractivity contribution in [3.8, 4) is 11.1 Å². The summed E-state index contributed by atoms with van der Waals surface area (Å²) in [5, 5.41) is 2.80. The largest absolute Gasteiger partial charge is 0.309 e. The zero-order chi connectivity index (χ0) is 13.6. The van der Waals surface area contributed by atoms with Crippen LogP contribution in [0.2, 0.25) is 0 Å². The number of hydrogen-bond acceptors (Lipinski definition) is 3. The van der Waals surface area contributed by atoms with Crippen LogP contribution in [0.4, 0.5) is 5.82 Å². The van der Waals surface area contributed by atoms with Gasteiger partial charge >= 0.3 is 0 Å². The van der Waals surface area contributed by atoms with Crippen molar-refractivity contribution in [3.05, 3.63) is 41.9 Å². The first-order valence-electron chi connectivity index (χ1n) is 5.93. The number of aryl methyl sites for hydroxylation is 1. The van der Waals surface area contributed by atoms with Gasteiger partial charge in [0.15, 0.2) is 0 Å². The molecular weight excluding hydrogens is 306 g/mol. The molecule has 0 aliphatic carbocycles. The minimum atomic E-state index is -0.717. The highest BCUT2D eigenvalue weighted by Gasteiger charge is 2.41. The molecule has 0 radical (unpaired) electrons. The number of carbonyl (C=O) groups excluding carboxylic acids is 1. The van der Waals surface area contributed by atoms with Crippen molar-refractivity contribution in [2.75, 3.05) is 5.32 Å². The molecule has 0 spiro atoms. The quantitative estimate of drug-likeness (QED) is 0.822. The number of amides is 1. The number of fused-ring (bicyclic) bond motifs is 1. The Morgan fingerprint density at radius 3 is 2.68 bits per heavy atom. The maximum Gasteiger partial charge on any atom is 0.246 e. The summed E-state index contributed by atoms with van der Waals surface area (Å²) in [6.45, 7) is 3.77. The molecule has 2 aromatic heterocycles. The van der Waals surface area contributed by atoms with Crippen LogP contribution < -0.4 is 5.32 Å². The molecule has 1 aliphatic heterocycles. The molecule has 3 heterocycles. The highest BCUT2D eigenvalue weighted by molar-refractivity contribution is 9.10. The number of nitrogens with zero attached hydrogens (tertiary/aromatic N) is 2. The second kappa shape index (κ2) is 4.13. The molecule has 0 bridgehead atoms. The van der Waals surface area contributed by atoms with E-state index >= 15 is 0 Å². The summed E-state index contributed by atoms with van der Waals surface area (Å²) < 4.78 is -0.717. The van der Waals surface area contributed by atoms with E-state index in [1.165, 1.54) is 0 Å². The molecule has 1 amide bonds. The highest BCUT2D eigenvalue weighted by Crippen LogP contribution is 2.43. The van der Waals surface area contributed by atoms with Crippen LogP contribution in [0.5, 0.6) is 0 Å². The third-order valence-corrected chi connectivity index (χ3v) is 4.16. The molecule has 96 valence electrons. The van der Waals surface area contributed by atoms with Crippen molar-refractivity contribution in [2.45, 2.75) is 18.2 Å². The lowest BCUT2D eigenvalue weighted by Gasteiger charge is -2.14. The van der Waals surface area contributed by atoms with Gasteiger partial charge in [0, 0.05) is 29.2 Å². The van der Waals surface area contributed by atoms with Crippen LogP contribution in [0.25, 0.3) is 11.1 Å². The van der Waals surface area contributed by atoms with Crippen LogP contribution in [-0.4, -0.2) is 15.9 Å². The predicted molar refractivity (Wildman–Crippen MR) is 77.1 cm³/mol. The summed E-state index contributed by atoms with van der Waals surface area (Å²) in [7, 11) is 0. The van der Waals surface area contributed by atoms with E-state index in [0.717, 1.165) is 22.4 Å². The Kier molecular flexibility index (Phi) is 2.67. The van der Waals surface area contributed by atoms with Gasteiger partial charge in [-0.2, -0.15) is 0 Å². The van der Waals surface area contributed by atoms with Crippen molar-refractivity contribution in [3.63, 3.8) is 0 Å². The average Bonchev–Trinajstić information content (AvgIpc) is 2.60. The number of pyridine rings is 2. The Morgan fingerprint density at radius 1 is 1.32 bits per heavy atom. The molecule has 0 saturated carbocycles. The third kappa shape index (κ3) is 1.85. The molecule has 0 fully saturated rings. The zero-order valence-electron chi connectivity index (χ0n) is 10.6. The molecule has 3 rings (SSSR count). The van der Waals surface area contributed by atoms with Crippen LogP contribution in [0, 0.1) is 6.92 Å². The van der Waals surface area contributed by atoms with Crippen molar-refractivity contribution in [2.24, 2.45) is 0 Å². The second-order valence-corrected chi connectivity index (χ2v) is 6.30. The van der Waals surface area contributed by atoms with Crippen LogP contribution in [-0.2, 0) is 9.12 Å². The fourth-order valence-electron chi connectivity index (χ4n) is 2.23. The number of hydrogen-bond donors (Lipinski definition) is 1. The SMILES string of the molecule is Cc1nc2c(cc1-c1ccncc1)C(C)(Br)C(=O)N2. The first-order valence-corrected chi connectivity index (χ1v) is 6.72. The van der Waals surface area contributed by atoms with E-state index in [0.29, 0.717) is 5.82 Å². The maximum atomic E-state index is 11.9. The molecule has 0 saturated heterocycles. The Balaban J connectivity index is 2.21. The van der Waals surface area contributed by atoms with Crippen molar-refractivity contribution < 1.29 is 4.79 Å². The van der Waals surface area contributed by atoms with Gasteiger partial charge in [0.2, 0.25) is 5.91 Å². The van der Waals surface area contributed by atoms with Gasteiger partial charge in [0.05, 0.1) is 0 Å². The third-order valence-electron chi connectivity index (χ3n) is 3.37. The molecule has 5 heteroatoms. The topological polar surface area (TPSA) is 54.9 Å². The van der Waals surface area contributed by atoms with Gasteiger partial charge in [0.25, 0.3) is 0 Å². The first kappa shape index (κ1) is 12.3. The second-order valence-electron chi connectivity index (χ2n) is 4.71. The van der Waals surface area contributed by atoms with Gasteiger partial charge in [-0.1, -0.05) is 15.9 Å². The predicted octanol–water partition coefficient (Wildman–Crippen LogP) is 3.01. The van der Waals surface area contributed by atoms with E-state index in [4.69, 9.17) is 0 Å². The van der Waals surface area contributed by atoms with E-state index in [2.05, 4.69) is 31.2 Å². The van der Waals surface area contributed by atoms with Gasteiger partial charge in [-0.25, -0.2) is 4.98 Å². The number of rotatable bonds is 1. The fraction of sp³-hybridized carbons (Fsp3) is 0.214. The van der Waals surface area contributed by atoms with Crippen LogP contribution in [0.3, 0.4) is 0 Å². The summed E-state index contributed by atoms with van der Waals surface area (Å²) in [6, 6.07) is 5.89. The maximum absolute atomic E-state index is 11.9. The molecule has 1 N–H and O–H groups in total. The highest BCUT2D eigenvalue weighted by atomic mass is 79.9. The van der Waals surface area contributed by atoms with Gasteiger partial charge in [-0.15, -0.1) is 0 Å². The minimum absolute atomic E-state index is 0.0821. The first-order chi connectivity index (χ1) is 9.00. The summed E-state index contributed by atoms with van der Waals surface area (Å²) >= 11 is 3.47. The zero-order valence-corrected chi connectivity index (χ0v) is 12.2. The smallest absolute Gasteiger partial charge is 0.246 e. The Hall–Kier alpha value is -1.75. The van der Waals surface area contributed by atoms with Gasteiger partial charge in [-0.05, 0) is 37.6 Å². The minimum Gasteiger partial charge on any atom is -0.309 e. The molecule has 1 aliphatic rings. The molecular formula is C14H12BrN3O. The van der Waals surface area contributed by atoms with E-state index in [1.807, 2.05) is 32.0 Å². The standard InChI is InChI=1S/C14H12BrN3O/c1-8-10(9-3-5-16-6-4-9)7-11-12(17-8)18-13(19)14(11,2)15/h3-7H,1-2H3,(H,17,18,19). The average molecular weight is 318 g/mol.